The van der Waals surface area contributed by atoms with Gasteiger partial charge in [-0.2, -0.15) is 4.31 Å². The van der Waals surface area contributed by atoms with Crippen molar-refractivity contribution >= 4 is 22.0 Å². The van der Waals surface area contributed by atoms with Gasteiger partial charge < -0.3 is 9.84 Å². The third-order valence-corrected chi connectivity index (χ3v) is 6.09. The molecule has 0 spiro atoms. The third-order valence-electron chi connectivity index (χ3n) is 4.11. The monoisotopic (exact) mass is 341 g/mol. The number of carboxylic acids is 1. The summed E-state index contributed by atoms with van der Waals surface area (Å²) in [5.74, 6) is -2.36. The Bertz CT molecular complexity index is 714. The Morgan fingerprint density at radius 3 is 2.65 bits per heavy atom. The minimum absolute atomic E-state index is 0.0433. The number of aliphatic carboxylic acids is 1. The molecule has 126 valence electrons. The van der Waals surface area contributed by atoms with Crippen molar-refractivity contribution in [3.63, 3.8) is 0 Å². The number of esters is 1. The second-order valence-corrected chi connectivity index (χ2v) is 7.35. The molecular formula is C15H19NO6S. The van der Waals surface area contributed by atoms with Gasteiger partial charge in [0.1, 0.15) is 0 Å². The molecule has 8 heteroatoms. The van der Waals surface area contributed by atoms with Crippen molar-refractivity contribution in [1.29, 1.82) is 0 Å². The van der Waals surface area contributed by atoms with E-state index in [4.69, 9.17) is 0 Å². The summed E-state index contributed by atoms with van der Waals surface area (Å²) in [4.78, 5) is 22.8. The zero-order valence-electron chi connectivity index (χ0n) is 12.9. The van der Waals surface area contributed by atoms with Gasteiger partial charge in [-0.15, -0.1) is 0 Å². The highest BCUT2D eigenvalue weighted by Gasteiger charge is 2.39. The van der Waals surface area contributed by atoms with E-state index in [2.05, 4.69) is 4.74 Å². The van der Waals surface area contributed by atoms with E-state index in [0.29, 0.717) is 12.8 Å². The first-order valence-corrected chi connectivity index (χ1v) is 8.66. The summed E-state index contributed by atoms with van der Waals surface area (Å²) < 4.78 is 31.4. The Balaban J connectivity index is 2.38. The van der Waals surface area contributed by atoms with Gasteiger partial charge in [-0.05, 0) is 38.0 Å². The number of benzene rings is 1. The van der Waals surface area contributed by atoms with Crippen LogP contribution in [0.3, 0.4) is 0 Å². The van der Waals surface area contributed by atoms with E-state index in [1.165, 1.54) is 35.7 Å². The van der Waals surface area contributed by atoms with Crippen LogP contribution in [-0.4, -0.2) is 49.5 Å². The van der Waals surface area contributed by atoms with Gasteiger partial charge in [0.2, 0.25) is 10.0 Å². The molecule has 7 nitrogen and oxygen atoms in total. The first kappa shape index (κ1) is 17.4. The Kier molecular flexibility index (Phi) is 5.06. The molecule has 1 aliphatic heterocycles. The molecule has 0 saturated carbocycles. The summed E-state index contributed by atoms with van der Waals surface area (Å²) in [5.41, 5.74) is 0.132. The van der Waals surface area contributed by atoms with Crippen LogP contribution >= 0.6 is 0 Å². The molecule has 1 heterocycles. The average molecular weight is 341 g/mol. The van der Waals surface area contributed by atoms with Crippen molar-refractivity contribution in [2.75, 3.05) is 13.7 Å². The van der Waals surface area contributed by atoms with Crippen molar-refractivity contribution in [2.45, 2.75) is 30.7 Å². The maximum absolute atomic E-state index is 12.8. The van der Waals surface area contributed by atoms with Gasteiger partial charge in [-0.1, -0.05) is 6.07 Å². The van der Waals surface area contributed by atoms with Crippen LogP contribution in [0.15, 0.2) is 29.2 Å². The zero-order valence-corrected chi connectivity index (χ0v) is 13.7. The molecular weight excluding hydrogens is 322 g/mol. The van der Waals surface area contributed by atoms with Crippen molar-refractivity contribution in [3.05, 3.63) is 29.8 Å². The number of carbonyl (C=O) groups is 2. The van der Waals surface area contributed by atoms with Gasteiger partial charge in [-0.25, -0.2) is 13.2 Å². The Hall–Kier alpha value is -1.93. The number of rotatable bonds is 4. The summed E-state index contributed by atoms with van der Waals surface area (Å²) in [5, 5.41) is 9.23. The van der Waals surface area contributed by atoms with E-state index in [9.17, 15) is 23.1 Å². The van der Waals surface area contributed by atoms with E-state index in [1.54, 1.807) is 6.92 Å². The molecule has 1 N–H and O–H groups in total. The maximum Gasteiger partial charge on any atom is 0.337 e. The van der Waals surface area contributed by atoms with Crippen LogP contribution in [-0.2, 0) is 19.6 Å². The number of hydrogen-bond acceptors (Lipinski definition) is 5. The lowest BCUT2D eigenvalue weighted by Gasteiger charge is -2.36. The molecule has 1 saturated heterocycles. The van der Waals surface area contributed by atoms with E-state index >= 15 is 0 Å². The summed E-state index contributed by atoms with van der Waals surface area (Å²) in [6.45, 7) is 1.86. The quantitative estimate of drug-likeness (QED) is 0.830. The summed E-state index contributed by atoms with van der Waals surface area (Å²) in [6, 6.07) is 4.91. The molecule has 0 aliphatic carbocycles. The normalized spacial score (nSPS) is 22.5. The predicted molar refractivity (Wildman–Crippen MR) is 81.5 cm³/mol. The number of ether oxygens (including phenoxy) is 1. The van der Waals surface area contributed by atoms with Crippen LogP contribution < -0.4 is 0 Å². The number of carbonyl (C=O) groups excluding carboxylic acids is 1. The first-order valence-electron chi connectivity index (χ1n) is 7.22. The van der Waals surface area contributed by atoms with Crippen molar-refractivity contribution in [1.82, 2.24) is 4.31 Å². The second kappa shape index (κ2) is 6.67. The molecule has 1 aromatic rings. The van der Waals surface area contributed by atoms with Gasteiger partial charge >= 0.3 is 11.9 Å². The van der Waals surface area contributed by atoms with Crippen LogP contribution in [0.4, 0.5) is 0 Å². The molecule has 0 bridgehead atoms. The second-order valence-electron chi connectivity index (χ2n) is 5.46. The van der Waals surface area contributed by atoms with Crippen molar-refractivity contribution in [2.24, 2.45) is 5.92 Å². The van der Waals surface area contributed by atoms with Crippen LogP contribution in [0.5, 0.6) is 0 Å². The highest BCUT2D eigenvalue weighted by atomic mass is 32.2. The number of nitrogens with zero attached hydrogens (tertiary/aromatic N) is 1. The van der Waals surface area contributed by atoms with Crippen molar-refractivity contribution < 1.29 is 27.9 Å². The number of piperidine rings is 1. The number of carboxylic acid groups (broad SMARTS) is 1. The molecule has 2 atom stereocenters. The maximum atomic E-state index is 12.8. The van der Waals surface area contributed by atoms with Gasteiger partial charge in [-0.3, -0.25) is 4.79 Å². The molecule has 0 amide bonds. The number of sulfonamides is 1. The average Bonchev–Trinajstić information content (AvgIpc) is 2.53. The van der Waals surface area contributed by atoms with E-state index in [-0.39, 0.29) is 17.0 Å². The van der Waals surface area contributed by atoms with Gasteiger partial charge in [0.25, 0.3) is 0 Å². The van der Waals surface area contributed by atoms with E-state index < -0.39 is 33.9 Å². The highest BCUT2D eigenvalue weighted by Crippen LogP contribution is 2.29. The standard InChI is InChI=1S/C15H19NO6S/c1-10-13(14(17)18)7-4-8-16(10)23(20,21)12-6-3-5-11(9-12)15(19)22-2/h3,5-6,9-10,13H,4,7-8H2,1-2H3,(H,17,18)/t10-,13-/m0/s1. The molecule has 1 aromatic carbocycles. The third kappa shape index (κ3) is 3.37. The molecule has 23 heavy (non-hydrogen) atoms. The summed E-state index contributed by atoms with van der Waals surface area (Å²) >= 11 is 0. The Labute approximate surface area is 134 Å². The largest absolute Gasteiger partial charge is 0.481 e. The lowest BCUT2D eigenvalue weighted by atomic mass is 9.92. The molecule has 1 fully saturated rings. The van der Waals surface area contributed by atoms with Crippen LogP contribution in [0.25, 0.3) is 0 Å². The van der Waals surface area contributed by atoms with Crippen LogP contribution in [0, 0.1) is 5.92 Å². The molecule has 0 aromatic heterocycles. The smallest absolute Gasteiger partial charge is 0.337 e. The summed E-state index contributed by atoms with van der Waals surface area (Å²) in [6.07, 6.45) is 0.932. The molecule has 0 radical (unpaired) electrons. The van der Waals surface area contributed by atoms with Gasteiger partial charge in [0.05, 0.1) is 23.5 Å². The molecule has 0 unspecified atom stereocenters. The Morgan fingerprint density at radius 1 is 1.35 bits per heavy atom. The molecule has 1 aliphatic rings. The fourth-order valence-electron chi connectivity index (χ4n) is 2.82. The Morgan fingerprint density at radius 2 is 2.04 bits per heavy atom. The fourth-order valence-corrected chi connectivity index (χ4v) is 4.57. The number of methoxy groups -OCH3 is 1. The SMILES string of the molecule is COC(=O)c1cccc(S(=O)(=O)N2CCC[C@H](C(=O)O)[C@@H]2C)c1. The highest BCUT2D eigenvalue weighted by molar-refractivity contribution is 7.89. The zero-order chi connectivity index (χ0) is 17.2. The lowest BCUT2D eigenvalue weighted by molar-refractivity contribution is -0.144. The predicted octanol–water partition coefficient (Wildman–Crippen LogP) is 1.35. The topological polar surface area (TPSA) is 101 Å². The fraction of sp³-hybridized carbons (Fsp3) is 0.467. The van der Waals surface area contributed by atoms with E-state index in [0.717, 1.165) is 0 Å². The number of hydrogen-bond donors (Lipinski definition) is 1. The van der Waals surface area contributed by atoms with Crippen LogP contribution in [0.1, 0.15) is 30.1 Å². The van der Waals surface area contributed by atoms with Crippen LogP contribution in [0.2, 0.25) is 0 Å². The van der Waals surface area contributed by atoms with Crippen molar-refractivity contribution in [3.8, 4) is 0 Å². The van der Waals surface area contributed by atoms with Gasteiger partial charge in [0, 0.05) is 12.6 Å². The minimum atomic E-state index is -3.88. The summed E-state index contributed by atoms with van der Waals surface area (Å²) in [7, 11) is -2.66. The first-order chi connectivity index (χ1) is 10.8. The minimum Gasteiger partial charge on any atom is -0.481 e. The van der Waals surface area contributed by atoms with E-state index in [1.807, 2.05) is 0 Å². The lowest BCUT2D eigenvalue weighted by Crippen LogP contribution is -2.49. The van der Waals surface area contributed by atoms with Gasteiger partial charge in [0.15, 0.2) is 0 Å². The molecule has 2 rings (SSSR count).